The summed E-state index contributed by atoms with van der Waals surface area (Å²) in [5.74, 6) is -1.09. The van der Waals surface area contributed by atoms with Gasteiger partial charge in [-0.1, -0.05) is 45.2 Å². The quantitative estimate of drug-likeness (QED) is 0.307. The van der Waals surface area contributed by atoms with E-state index in [4.69, 9.17) is 9.16 Å². The lowest BCUT2D eigenvalue weighted by Crippen LogP contribution is -2.62. The second-order valence-electron chi connectivity index (χ2n) is 8.14. The number of carbonyl (C=O) groups is 2. The molecule has 1 fully saturated rings. The summed E-state index contributed by atoms with van der Waals surface area (Å²) in [5.41, 5.74) is 0.158. The summed E-state index contributed by atoms with van der Waals surface area (Å²) in [6, 6.07) is 0. The molecule has 1 saturated heterocycles. The van der Waals surface area contributed by atoms with Crippen LogP contribution in [0.5, 0.6) is 0 Å². The highest BCUT2D eigenvalue weighted by Crippen LogP contribution is 2.51. The predicted molar refractivity (Wildman–Crippen MR) is 105 cm³/mol. The van der Waals surface area contributed by atoms with E-state index in [1.165, 1.54) is 22.7 Å². The van der Waals surface area contributed by atoms with Crippen molar-refractivity contribution in [2.24, 2.45) is 5.92 Å². The maximum absolute atomic E-state index is 12.8. The SMILES string of the molecule is C=CCOC(=O)C1=C(CO)SC2C([C@@H](C)O[Si](C)(C)C(C)(C)C)C(=O)N12. The van der Waals surface area contributed by atoms with E-state index in [0.29, 0.717) is 4.91 Å². The van der Waals surface area contributed by atoms with Crippen molar-refractivity contribution >= 4 is 32.0 Å². The van der Waals surface area contributed by atoms with Crippen LogP contribution < -0.4 is 0 Å². The fraction of sp³-hybridized carbons (Fsp3) is 0.667. The molecule has 2 heterocycles. The maximum atomic E-state index is 12.8. The molecule has 6 nitrogen and oxygen atoms in total. The van der Waals surface area contributed by atoms with Gasteiger partial charge in [-0.3, -0.25) is 9.69 Å². The predicted octanol–water partition coefficient (Wildman–Crippen LogP) is 2.86. The molecule has 1 amide bonds. The van der Waals surface area contributed by atoms with Crippen molar-refractivity contribution in [2.45, 2.75) is 57.3 Å². The number of hydrogen-bond donors (Lipinski definition) is 1. The monoisotopic (exact) mass is 399 g/mol. The Bertz CT molecular complexity index is 640. The molecule has 0 aromatic rings. The number of carbonyl (C=O) groups excluding carboxylic acids is 2. The number of thioether (sulfide) groups is 1. The zero-order chi connectivity index (χ0) is 19.9. The summed E-state index contributed by atoms with van der Waals surface area (Å²) in [6.45, 7) is 16.0. The smallest absolute Gasteiger partial charge is 0.356 e. The standard InChI is InChI=1S/C18H29NO5SSi/c1-8-9-23-17(22)14-12(10-20)25-16-13(15(21)19(14)16)11(2)24-26(6,7)18(3,4)5/h8,11,13,16,20H,1,9-10H2,2-7H3/t11-,13?,16?/m1/s1. The third-order valence-corrected chi connectivity index (χ3v) is 11.2. The van der Waals surface area contributed by atoms with E-state index >= 15 is 0 Å². The summed E-state index contributed by atoms with van der Waals surface area (Å²) in [7, 11) is -2.01. The number of aliphatic hydroxyl groups is 1. The van der Waals surface area contributed by atoms with Crippen molar-refractivity contribution < 1.29 is 23.9 Å². The Morgan fingerprint density at radius 3 is 2.58 bits per heavy atom. The average molecular weight is 400 g/mol. The van der Waals surface area contributed by atoms with Gasteiger partial charge in [0.05, 0.1) is 18.6 Å². The van der Waals surface area contributed by atoms with Gasteiger partial charge in [0.2, 0.25) is 5.91 Å². The van der Waals surface area contributed by atoms with Crippen LogP contribution in [-0.2, 0) is 18.8 Å². The molecule has 0 saturated carbocycles. The van der Waals surface area contributed by atoms with Crippen LogP contribution in [-0.4, -0.2) is 54.9 Å². The van der Waals surface area contributed by atoms with E-state index in [1.54, 1.807) is 0 Å². The van der Waals surface area contributed by atoms with E-state index in [2.05, 4.69) is 40.4 Å². The molecule has 3 atom stereocenters. The summed E-state index contributed by atoms with van der Waals surface area (Å²) in [4.78, 5) is 27.0. The Kier molecular flexibility index (Phi) is 6.12. The first-order chi connectivity index (χ1) is 12.0. The molecule has 2 unspecified atom stereocenters. The number of ether oxygens (including phenoxy) is 1. The summed E-state index contributed by atoms with van der Waals surface area (Å²) < 4.78 is 11.5. The number of aliphatic hydroxyl groups excluding tert-OH is 1. The minimum atomic E-state index is -2.01. The highest BCUT2D eigenvalue weighted by Gasteiger charge is 2.59. The minimum Gasteiger partial charge on any atom is -0.457 e. The van der Waals surface area contributed by atoms with Gasteiger partial charge in [0.15, 0.2) is 8.32 Å². The normalized spacial score (nSPS) is 24.3. The third kappa shape index (κ3) is 3.65. The number of fused-ring (bicyclic) bond motifs is 1. The number of β-lactam (4-membered cyclic amide) rings is 1. The highest BCUT2D eigenvalue weighted by atomic mass is 32.2. The molecule has 0 radical (unpaired) electrons. The number of hydrogen-bond acceptors (Lipinski definition) is 6. The topological polar surface area (TPSA) is 76.1 Å². The Morgan fingerprint density at radius 2 is 2.08 bits per heavy atom. The second kappa shape index (κ2) is 7.50. The van der Waals surface area contributed by atoms with E-state index in [-0.39, 0.29) is 47.3 Å². The first kappa shape index (κ1) is 21.2. The van der Waals surface area contributed by atoms with E-state index in [1.807, 2.05) is 6.92 Å². The summed E-state index contributed by atoms with van der Waals surface area (Å²) in [5, 5.41) is 9.43. The van der Waals surface area contributed by atoms with Gasteiger partial charge in [0, 0.05) is 4.91 Å². The zero-order valence-corrected chi connectivity index (χ0v) is 18.2. The first-order valence-electron chi connectivity index (χ1n) is 8.76. The van der Waals surface area contributed by atoms with Gasteiger partial charge < -0.3 is 14.3 Å². The van der Waals surface area contributed by atoms with Crippen LogP contribution in [0.25, 0.3) is 0 Å². The fourth-order valence-corrected chi connectivity index (χ4v) is 5.75. The largest absolute Gasteiger partial charge is 0.457 e. The van der Waals surface area contributed by atoms with E-state index in [0.717, 1.165) is 0 Å². The van der Waals surface area contributed by atoms with Crippen molar-refractivity contribution in [1.29, 1.82) is 0 Å². The molecule has 8 heteroatoms. The lowest BCUT2D eigenvalue weighted by atomic mass is 9.92. The molecule has 26 heavy (non-hydrogen) atoms. The fourth-order valence-electron chi connectivity index (χ4n) is 2.86. The third-order valence-electron chi connectivity index (χ3n) is 5.31. The molecule has 0 aromatic heterocycles. The molecular formula is C18H29NO5SSi. The zero-order valence-electron chi connectivity index (χ0n) is 16.4. The molecule has 2 rings (SSSR count). The van der Waals surface area contributed by atoms with Crippen molar-refractivity contribution in [2.75, 3.05) is 13.2 Å². The number of nitrogens with zero attached hydrogens (tertiary/aromatic N) is 1. The first-order valence-corrected chi connectivity index (χ1v) is 12.5. The minimum absolute atomic E-state index is 0.0464. The van der Waals surface area contributed by atoms with Gasteiger partial charge in [-0.2, -0.15) is 0 Å². The highest BCUT2D eigenvalue weighted by molar-refractivity contribution is 8.04. The van der Waals surface area contributed by atoms with Gasteiger partial charge in [0.1, 0.15) is 17.7 Å². The van der Waals surface area contributed by atoms with Gasteiger partial charge in [0.25, 0.3) is 0 Å². The van der Waals surface area contributed by atoms with Crippen LogP contribution in [0, 0.1) is 5.92 Å². The molecule has 2 aliphatic heterocycles. The van der Waals surface area contributed by atoms with Crippen LogP contribution in [0.1, 0.15) is 27.7 Å². The number of rotatable bonds is 7. The average Bonchev–Trinajstić information content (AvgIpc) is 2.85. The maximum Gasteiger partial charge on any atom is 0.356 e. The van der Waals surface area contributed by atoms with E-state index in [9.17, 15) is 14.7 Å². The van der Waals surface area contributed by atoms with Gasteiger partial charge in [-0.25, -0.2) is 4.79 Å². The van der Waals surface area contributed by atoms with Gasteiger partial charge in [-0.15, -0.1) is 0 Å². The molecular weight excluding hydrogens is 370 g/mol. The number of amides is 1. The van der Waals surface area contributed by atoms with E-state index < -0.39 is 14.3 Å². The molecule has 0 spiro atoms. The van der Waals surface area contributed by atoms with Crippen LogP contribution in [0.3, 0.4) is 0 Å². The Hall–Kier alpha value is -1.09. The van der Waals surface area contributed by atoms with Gasteiger partial charge >= 0.3 is 5.97 Å². The van der Waals surface area contributed by atoms with Crippen molar-refractivity contribution in [1.82, 2.24) is 4.90 Å². The van der Waals surface area contributed by atoms with Crippen LogP contribution in [0.4, 0.5) is 0 Å². The van der Waals surface area contributed by atoms with Crippen molar-refractivity contribution in [3.8, 4) is 0 Å². The molecule has 1 N–H and O–H groups in total. The Balaban J connectivity index is 2.14. The summed E-state index contributed by atoms with van der Waals surface area (Å²) >= 11 is 1.35. The van der Waals surface area contributed by atoms with Crippen LogP contribution in [0.2, 0.25) is 18.1 Å². The second-order valence-corrected chi connectivity index (χ2v) is 14.1. The Labute approximate surface area is 160 Å². The lowest BCUT2D eigenvalue weighted by molar-refractivity contribution is -0.157. The summed E-state index contributed by atoms with van der Waals surface area (Å²) in [6.07, 6.45) is 1.22. The van der Waals surface area contributed by atoms with Crippen LogP contribution in [0.15, 0.2) is 23.3 Å². The molecule has 0 aliphatic carbocycles. The van der Waals surface area contributed by atoms with Gasteiger partial charge in [-0.05, 0) is 25.1 Å². The van der Waals surface area contributed by atoms with Crippen molar-refractivity contribution in [3.63, 3.8) is 0 Å². The lowest BCUT2D eigenvalue weighted by Gasteiger charge is -2.48. The molecule has 0 bridgehead atoms. The molecule has 2 aliphatic rings. The van der Waals surface area contributed by atoms with Crippen molar-refractivity contribution in [3.05, 3.63) is 23.3 Å². The van der Waals surface area contributed by atoms with Crippen LogP contribution >= 0.6 is 11.8 Å². The molecule has 0 aromatic carbocycles. The number of esters is 1. The molecule has 146 valence electrons. The Morgan fingerprint density at radius 1 is 1.46 bits per heavy atom.